The number of allylic oxidation sites excluding steroid dienone is 20. The molecule has 1 unspecified atom stereocenters. The van der Waals surface area contributed by atoms with Crippen LogP contribution in [0.2, 0.25) is 0 Å². The van der Waals surface area contributed by atoms with E-state index in [2.05, 4.69) is 142 Å². The van der Waals surface area contributed by atoms with Crippen LogP contribution in [0.1, 0.15) is 329 Å². The lowest BCUT2D eigenvalue weighted by Gasteiger charge is -2.18. The van der Waals surface area contributed by atoms with Crippen LogP contribution in [-0.2, 0) is 28.6 Å². The van der Waals surface area contributed by atoms with Gasteiger partial charge in [-0.15, -0.1) is 0 Å². The zero-order valence-electron chi connectivity index (χ0n) is 54.4. The molecular formula is C77H130O6. The Hall–Kier alpha value is -4.19. The van der Waals surface area contributed by atoms with Crippen LogP contribution >= 0.6 is 0 Å². The number of hydrogen-bond acceptors (Lipinski definition) is 6. The molecule has 0 bridgehead atoms. The highest BCUT2D eigenvalue weighted by molar-refractivity contribution is 5.71. The number of rotatable bonds is 63. The molecule has 6 heteroatoms. The maximum atomic E-state index is 12.9. The standard InChI is InChI=1S/C77H130O6/c1-4-7-10-13-16-19-22-25-28-30-32-33-34-35-36-37-38-39-40-41-42-43-45-46-49-52-55-58-61-64-67-70-76(79)82-73-74(72-81-75(78)69-66-63-60-57-54-51-48-27-24-21-18-15-12-9-6-3)83-77(80)71-68-65-62-59-56-53-50-47-44-31-29-26-23-20-17-14-11-8-5-2/h7,10,16,18-19,21,25,27-28,32-33,35-36,38-39,41-42,45-46,48,74H,4-6,8-9,11-15,17,20,22-24,26,29-31,34,37,40,43-44,47,49-73H2,1-3H3/b10-7-,19-16-,21-18-,28-25-,33-32-,36-35-,39-38-,42-41-,46-45-,48-27-. The summed E-state index contributed by atoms with van der Waals surface area (Å²) < 4.78 is 17.0. The van der Waals surface area contributed by atoms with Gasteiger partial charge in [0.15, 0.2) is 6.10 Å². The van der Waals surface area contributed by atoms with Crippen LogP contribution < -0.4 is 0 Å². The molecule has 0 saturated carbocycles. The van der Waals surface area contributed by atoms with E-state index >= 15 is 0 Å². The number of esters is 3. The molecule has 0 aliphatic rings. The number of hydrogen-bond donors (Lipinski definition) is 0. The molecule has 474 valence electrons. The van der Waals surface area contributed by atoms with Crippen LogP contribution in [0.4, 0.5) is 0 Å². The van der Waals surface area contributed by atoms with Gasteiger partial charge in [0.1, 0.15) is 13.2 Å². The Bertz CT molecular complexity index is 1700. The number of carbonyl (C=O) groups excluding carboxylic acids is 3. The SMILES string of the molecule is CC/C=C\C/C=C\C/C=C\C/C=C\C/C=C\C/C=C\C/C=C\C/C=C\CCCCCCCCC(=O)OCC(COC(=O)CCCCCCC/C=C\C/C=C\CCCCC)OC(=O)CCCCCCCCCCCCCCCCCCCCC. The van der Waals surface area contributed by atoms with Crippen LogP contribution in [0.15, 0.2) is 122 Å². The minimum absolute atomic E-state index is 0.0890. The Kier molecular flexibility index (Phi) is 66.7. The summed E-state index contributed by atoms with van der Waals surface area (Å²) >= 11 is 0. The molecular weight excluding hydrogens is 1020 g/mol. The number of unbranched alkanes of at least 4 members (excludes halogenated alkanes) is 32. The zero-order valence-corrected chi connectivity index (χ0v) is 54.4. The summed E-state index contributed by atoms with van der Waals surface area (Å²) in [6.45, 7) is 6.51. The molecule has 0 saturated heterocycles. The van der Waals surface area contributed by atoms with Crippen molar-refractivity contribution in [1.82, 2.24) is 0 Å². The van der Waals surface area contributed by atoms with E-state index in [1.165, 1.54) is 141 Å². The van der Waals surface area contributed by atoms with Crippen molar-refractivity contribution in [3.63, 3.8) is 0 Å². The molecule has 0 N–H and O–H groups in total. The Labute approximate surface area is 513 Å². The van der Waals surface area contributed by atoms with Gasteiger partial charge < -0.3 is 14.2 Å². The largest absolute Gasteiger partial charge is 0.462 e. The van der Waals surface area contributed by atoms with E-state index in [4.69, 9.17) is 14.2 Å². The predicted octanol–water partition coefficient (Wildman–Crippen LogP) is 24.3. The fourth-order valence-corrected chi connectivity index (χ4v) is 9.73. The minimum Gasteiger partial charge on any atom is -0.462 e. The molecule has 0 radical (unpaired) electrons. The van der Waals surface area contributed by atoms with Gasteiger partial charge in [-0.3, -0.25) is 14.4 Å². The van der Waals surface area contributed by atoms with Crippen LogP contribution in [0, 0.1) is 0 Å². The Balaban J connectivity index is 4.36. The third-order valence-corrected chi connectivity index (χ3v) is 15.0. The molecule has 0 aliphatic carbocycles. The average Bonchev–Trinajstić information content (AvgIpc) is 3.49. The van der Waals surface area contributed by atoms with Gasteiger partial charge in [-0.05, 0) is 116 Å². The van der Waals surface area contributed by atoms with Gasteiger partial charge in [-0.25, -0.2) is 0 Å². The third kappa shape index (κ3) is 68.5. The summed E-state index contributed by atoms with van der Waals surface area (Å²) in [5, 5.41) is 0. The van der Waals surface area contributed by atoms with Crippen molar-refractivity contribution >= 4 is 17.9 Å². The summed E-state index contributed by atoms with van der Waals surface area (Å²) in [5.74, 6) is -0.904. The lowest BCUT2D eigenvalue weighted by Crippen LogP contribution is -2.30. The van der Waals surface area contributed by atoms with Crippen molar-refractivity contribution in [2.45, 2.75) is 335 Å². The molecule has 0 heterocycles. The zero-order chi connectivity index (χ0) is 59.9. The molecule has 0 amide bonds. The molecule has 1 atom stereocenters. The highest BCUT2D eigenvalue weighted by atomic mass is 16.6. The van der Waals surface area contributed by atoms with E-state index in [1.54, 1.807) is 0 Å². The van der Waals surface area contributed by atoms with E-state index in [1.807, 2.05) is 0 Å². The van der Waals surface area contributed by atoms with E-state index in [9.17, 15) is 14.4 Å². The maximum absolute atomic E-state index is 12.9. The van der Waals surface area contributed by atoms with Crippen molar-refractivity contribution in [3.8, 4) is 0 Å². The molecule has 83 heavy (non-hydrogen) atoms. The first-order valence-electron chi connectivity index (χ1n) is 35.0. The third-order valence-electron chi connectivity index (χ3n) is 15.0. The predicted molar refractivity (Wildman–Crippen MR) is 362 cm³/mol. The quantitative estimate of drug-likeness (QED) is 0.0261. The minimum atomic E-state index is -0.793. The van der Waals surface area contributed by atoms with E-state index < -0.39 is 6.10 Å². The lowest BCUT2D eigenvalue weighted by molar-refractivity contribution is -0.167. The van der Waals surface area contributed by atoms with E-state index in [0.29, 0.717) is 19.3 Å². The second-order valence-corrected chi connectivity index (χ2v) is 23.1. The first kappa shape index (κ1) is 78.8. The van der Waals surface area contributed by atoms with Gasteiger partial charge in [-0.1, -0.05) is 316 Å². The van der Waals surface area contributed by atoms with Gasteiger partial charge in [0, 0.05) is 19.3 Å². The monoisotopic (exact) mass is 1150 g/mol. The van der Waals surface area contributed by atoms with Gasteiger partial charge in [-0.2, -0.15) is 0 Å². The lowest BCUT2D eigenvalue weighted by atomic mass is 10.0. The van der Waals surface area contributed by atoms with Gasteiger partial charge in [0.05, 0.1) is 0 Å². The van der Waals surface area contributed by atoms with Crippen molar-refractivity contribution in [2.75, 3.05) is 13.2 Å². The highest BCUT2D eigenvalue weighted by Crippen LogP contribution is 2.17. The highest BCUT2D eigenvalue weighted by Gasteiger charge is 2.19. The maximum Gasteiger partial charge on any atom is 0.306 e. The topological polar surface area (TPSA) is 78.9 Å². The van der Waals surface area contributed by atoms with E-state index in [0.717, 1.165) is 148 Å². The van der Waals surface area contributed by atoms with Crippen LogP contribution in [-0.4, -0.2) is 37.2 Å². The summed E-state index contributed by atoms with van der Waals surface area (Å²) in [5.41, 5.74) is 0. The second kappa shape index (κ2) is 70.3. The number of carbonyl (C=O) groups is 3. The van der Waals surface area contributed by atoms with Gasteiger partial charge in [0.25, 0.3) is 0 Å². The van der Waals surface area contributed by atoms with Gasteiger partial charge >= 0.3 is 17.9 Å². The Morgan fingerprint density at radius 3 is 0.759 bits per heavy atom. The first-order valence-corrected chi connectivity index (χ1v) is 35.0. The molecule has 6 nitrogen and oxygen atoms in total. The van der Waals surface area contributed by atoms with Crippen molar-refractivity contribution in [1.29, 1.82) is 0 Å². The molecule has 0 aromatic carbocycles. The molecule has 0 fully saturated rings. The normalized spacial score (nSPS) is 12.9. The fourth-order valence-electron chi connectivity index (χ4n) is 9.73. The average molecular weight is 1150 g/mol. The molecule has 0 spiro atoms. The molecule has 0 aliphatic heterocycles. The van der Waals surface area contributed by atoms with Crippen molar-refractivity contribution < 1.29 is 28.6 Å². The smallest absolute Gasteiger partial charge is 0.306 e. The fraction of sp³-hybridized carbons (Fsp3) is 0.701. The summed E-state index contributed by atoms with van der Waals surface area (Å²) in [4.78, 5) is 38.4. The van der Waals surface area contributed by atoms with Crippen molar-refractivity contribution in [3.05, 3.63) is 122 Å². The second-order valence-electron chi connectivity index (χ2n) is 23.1. The number of ether oxygens (including phenoxy) is 3. The molecule has 0 rings (SSSR count). The van der Waals surface area contributed by atoms with Gasteiger partial charge in [0.2, 0.25) is 0 Å². The summed E-state index contributed by atoms with van der Waals surface area (Å²) in [6, 6.07) is 0. The van der Waals surface area contributed by atoms with Crippen LogP contribution in [0.3, 0.4) is 0 Å². The molecule has 0 aromatic heterocycles. The van der Waals surface area contributed by atoms with Crippen molar-refractivity contribution in [2.24, 2.45) is 0 Å². The Morgan fingerprint density at radius 1 is 0.253 bits per heavy atom. The molecule has 0 aromatic rings. The van der Waals surface area contributed by atoms with Crippen LogP contribution in [0.5, 0.6) is 0 Å². The Morgan fingerprint density at radius 2 is 0.470 bits per heavy atom. The van der Waals surface area contributed by atoms with E-state index in [-0.39, 0.29) is 31.1 Å². The summed E-state index contributed by atoms with van der Waals surface area (Å²) in [6.07, 6.45) is 97.8. The summed E-state index contributed by atoms with van der Waals surface area (Å²) in [7, 11) is 0. The first-order chi connectivity index (χ1) is 41.0. The van der Waals surface area contributed by atoms with Crippen LogP contribution in [0.25, 0.3) is 0 Å².